The van der Waals surface area contributed by atoms with Crippen molar-refractivity contribution in [1.29, 1.82) is 0 Å². The van der Waals surface area contributed by atoms with E-state index in [-0.39, 0.29) is 23.7 Å². The van der Waals surface area contributed by atoms with Crippen LogP contribution in [0.4, 0.5) is 5.13 Å². The van der Waals surface area contributed by atoms with E-state index in [2.05, 4.69) is 43.6 Å². The number of rotatable bonds is 4. The van der Waals surface area contributed by atoms with Gasteiger partial charge in [0.15, 0.2) is 0 Å². The number of piperidine rings is 1. The van der Waals surface area contributed by atoms with Gasteiger partial charge in [0.1, 0.15) is 5.51 Å². The quantitative estimate of drug-likeness (QED) is 0.800. The standard InChI is InChI=1S/C18H19BrN4O2S/c19-13-3-1-2-12(8-13)14-9-15(14)17(25)23-6-4-11(5-7-23)16(24)21-18-22-20-10-26-18/h1-3,8,10-11,14-15H,4-7,9H2,(H,21,22,24). The van der Waals surface area contributed by atoms with Gasteiger partial charge >= 0.3 is 0 Å². The summed E-state index contributed by atoms with van der Waals surface area (Å²) in [6.07, 6.45) is 2.32. The highest BCUT2D eigenvalue weighted by Gasteiger charge is 2.46. The van der Waals surface area contributed by atoms with Crippen LogP contribution in [0.3, 0.4) is 0 Å². The number of carbonyl (C=O) groups is 2. The number of anilines is 1. The van der Waals surface area contributed by atoms with Crippen LogP contribution >= 0.6 is 27.3 Å². The van der Waals surface area contributed by atoms with E-state index in [1.807, 2.05) is 17.0 Å². The second-order valence-electron chi connectivity index (χ2n) is 6.84. The highest BCUT2D eigenvalue weighted by Crippen LogP contribution is 2.49. The summed E-state index contributed by atoms with van der Waals surface area (Å²) in [7, 11) is 0. The molecular formula is C18H19BrN4O2S. The van der Waals surface area contributed by atoms with Crippen LogP contribution in [-0.4, -0.2) is 40.0 Å². The third kappa shape index (κ3) is 3.81. The molecule has 4 rings (SSSR count). The lowest BCUT2D eigenvalue weighted by molar-refractivity contribution is -0.135. The molecule has 2 heterocycles. The number of nitrogens with one attached hydrogen (secondary N) is 1. The van der Waals surface area contributed by atoms with Crippen LogP contribution < -0.4 is 5.32 Å². The molecule has 1 aliphatic carbocycles. The summed E-state index contributed by atoms with van der Waals surface area (Å²) in [5.41, 5.74) is 2.82. The summed E-state index contributed by atoms with van der Waals surface area (Å²) in [6, 6.07) is 8.20. The van der Waals surface area contributed by atoms with Crippen LogP contribution in [0, 0.1) is 11.8 Å². The van der Waals surface area contributed by atoms with Crippen LogP contribution in [0.15, 0.2) is 34.2 Å². The van der Waals surface area contributed by atoms with E-state index < -0.39 is 0 Å². The lowest BCUT2D eigenvalue weighted by Crippen LogP contribution is -2.42. The average Bonchev–Trinajstić information content (AvgIpc) is 3.30. The van der Waals surface area contributed by atoms with Crippen LogP contribution in [0.1, 0.15) is 30.7 Å². The van der Waals surface area contributed by atoms with E-state index in [9.17, 15) is 9.59 Å². The monoisotopic (exact) mass is 434 g/mol. The van der Waals surface area contributed by atoms with Crippen molar-refractivity contribution < 1.29 is 9.59 Å². The lowest BCUT2D eigenvalue weighted by Gasteiger charge is -2.31. The van der Waals surface area contributed by atoms with E-state index in [4.69, 9.17) is 0 Å². The summed E-state index contributed by atoms with van der Waals surface area (Å²) in [5.74, 6) is 0.572. The van der Waals surface area contributed by atoms with Crippen molar-refractivity contribution in [3.63, 3.8) is 0 Å². The van der Waals surface area contributed by atoms with Crippen LogP contribution in [0.5, 0.6) is 0 Å². The molecule has 0 spiro atoms. The number of benzene rings is 1. The third-order valence-electron chi connectivity index (χ3n) is 5.15. The SMILES string of the molecule is O=C(Nc1nncs1)C1CCN(C(=O)C2CC2c2cccc(Br)c2)CC1. The highest BCUT2D eigenvalue weighted by molar-refractivity contribution is 9.10. The van der Waals surface area contributed by atoms with Crippen molar-refractivity contribution in [3.05, 3.63) is 39.8 Å². The molecule has 2 atom stereocenters. The van der Waals surface area contributed by atoms with E-state index in [0.29, 0.717) is 37.0 Å². The second-order valence-corrected chi connectivity index (χ2v) is 8.59. The number of hydrogen-bond donors (Lipinski definition) is 1. The molecule has 26 heavy (non-hydrogen) atoms. The molecule has 1 aromatic heterocycles. The van der Waals surface area contributed by atoms with E-state index >= 15 is 0 Å². The van der Waals surface area contributed by atoms with Gasteiger partial charge in [-0.25, -0.2) is 0 Å². The Bertz CT molecular complexity index is 805. The maximum atomic E-state index is 12.8. The zero-order chi connectivity index (χ0) is 18.1. The Balaban J connectivity index is 1.28. The van der Waals surface area contributed by atoms with E-state index in [1.54, 1.807) is 5.51 Å². The maximum Gasteiger partial charge on any atom is 0.229 e. The number of nitrogens with zero attached hydrogens (tertiary/aromatic N) is 3. The van der Waals surface area contributed by atoms with Gasteiger partial charge in [0.2, 0.25) is 16.9 Å². The minimum atomic E-state index is -0.0666. The Kier molecular flexibility index (Phi) is 5.04. The van der Waals surface area contributed by atoms with Gasteiger partial charge < -0.3 is 10.2 Å². The fourth-order valence-corrected chi connectivity index (χ4v) is 4.47. The van der Waals surface area contributed by atoms with Gasteiger partial charge in [-0.05, 0) is 42.9 Å². The van der Waals surface area contributed by atoms with Crippen molar-refractivity contribution in [1.82, 2.24) is 15.1 Å². The van der Waals surface area contributed by atoms with Crippen LogP contribution in [0.25, 0.3) is 0 Å². The Labute approximate surface area is 164 Å². The molecule has 2 aromatic rings. The van der Waals surface area contributed by atoms with Gasteiger partial charge in [0.05, 0.1) is 0 Å². The summed E-state index contributed by atoms with van der Waals surface area (Å²) in [5, 5.41) is 10.9. The van der Waals surface area contributed by atoms with Gasteiger partial charge in [0, 0.05) is 29.4 Å². The third-order valence-corrected chi connectivity index (χ3v) is 6.25. The average molecular weight is 435 g/mol. The molecule has 2 fully saturated rings. The molecule has 8 heteroatoms. The van der Waals surface area contributed by atoms with Crippen LogP contribution in [-0.2, 0) is 9.59 Å². The predicted octanol–water partition coefficient (Wildman–Crippen LogP) is 3.28. The molecule has 1 saturated carbocycles. The lowest BCUT2D eigenvalue weighted by atomic mass is 9.95. The first-order valence-corrected chi connectivity index (χ1v) is 10.4. The predicted molar refractivity (Wildman–Crippen MR) is 103 cm³/mol. The fourth-order valence-electron chi connectivity index (χ4n) is 3.61. The smallest absolute Gasteiger partial charge is 0.229 e. The van der Waals surface area contributed by atoms with Gasteiger partial charge in [-0.1, -0.05) is 39.4 Å². The summed E-state index contributed by atoms with van der Waals surface area (Å²) < 4.78 is 1.05. The van der Waals surface area contributed by atoms with Crippen molar-refractivity contribution >= 4 is 44.2 Å². The summed E-state index contributed by atoms with van der Waals surface area (Å²) in [4.78, 5) is 27.0. The topological polar surface area (TPSA) is 75.2 Å². The zero-order valence-corrected chi connectivity index (χ0v) is 16.5. The Hall–Kier alpha value is -1.80. The van der Waals surface area contributed by atoms with Crippen molar-refractivity contribution in [2.45, 2.75) is 25.2 Å². The molecule has 6 nitrogen and oxygen atoms in total. The fraction of sp³-hybridized carbons (Fsp3) is 0.444. The Morgan fingerprint density at radius 2 is 2.08 bits per heavy atom. The molecule has 2 unspecified atom stereocenters. The first-order valence-electron chi connectivity index (χ1n) is 8.73. The van der Waals surface area contributed by atoms with Gasteiger partial charge in [-0.15, -0.1) is 10.2 Å². The Morgan fingerprint density at radius 3 is 2.77 bits per heavy atom. The van der Waals surface area contributed by atoms with E-state index in [0.717, 1.165) is 10.9 Å². The normalized spacial score (nSPS) is 22.9. The largest absolute Gasteiger partial charge is 0.342 e. The molecular weight excluding hydrogens is 416 g/mol. The highest BCUT2D eigenvalue weighted by atomic mass is 79.9. The van der Waals surface area contributed by atoms with Gasteiger partial charge in [-0.3, -0.25) is 9.59 Å². The number of amides is 2. The number of likely N-dealkylation sites (tertiary alicyclic amines) is 1. The van der Waals surface area contributed by atoms with Crippen LogP contribution in [0.2, 0.25) is 0 Å². The molecule has 1 aliphatic heterocycles. The first kappa shape index (κ1) is 17.6. The Morgan fingerprint density at radius 1 is 1.27 bits per heavy atom. The summed E-state index contributed by atoms with van der Waals surface area (Å²) >= 11 is 4.80. The minimum absolute atomic E-state index is 0.0210. The van der Waals surface area contributed by atoms with Gasteiger partial charge in [0.25, 0.3) is 0 Å². The molecule has 0 bridgehead atoms. The number of halogens is 1. The van der Waals surface area contributed by atoms with Gasteiger partial charge in [-0.2, -0.15) is 0 Å². The minimum Gasteiger partial charge on any atom is -0.342 e. The molecule has 1 saturated heterocycles. The summed E-state index contributed by atoms with van der Waals surface area (Å²) in [6.45, 7) is 1.30. The molecule has 1 N–H and O–H groups in total. The molecule has 0 radical (unpaired) electrons. The van der Waals surface area contributed by atoms with Crippen molar-refractivity contribution in [2.75, 3.05) is 18.4 Å². The maximum absolute atomic E-state index is 12.8. The number of carbonyl (C=O) groups excluding carboxylic acids is 2. The molecule has 2 aliphatic rings. The van der Waals surface area contributed by atoms with Crippen molar-refractivity contribution in [2.24, 2.45) is 11.8 Å². The molecule has 136 valence electrons. The molecule has 2 amide bonds. The van der Waals surface area contributed by atoms with E-state index in [1.165, 1.54) is 16.9 Å². The zero-order valence-electron chi connectivity index (χ0n) is 14.1. The number of aromatic nitrogens is 2. The van der Waals surface area contributed by atoms with Crippen molar-refractivity contribution in [3.8, 4) is 0 Å². The number of hydrogen-bond acceptors (Lipinski definition) is 5. The molecule has 1 aromatic carbocycles. The second kappa shape index (κ2) is 7.44. The first-order chi connectivity index (χ1) is 12.6.